The maximum Gasteiger partial charge on any atom is 0.123 e. The van der Waals surface area contributed by atoms with Gasteiger partial charge in [0, 0.05) is 44.9 Å². The highest BCUT2D eigenvalue weighted by Crippen LogP contribution is 2.42. The van der Waals surface area contributed by atoms with Crippen LogP contribution in [0.2, 0.25) is 0 Å². The molecule has 0 bridgehead atoms. The van der Waals surface area contributed by atoms with Crippen molar-refractivity contribution in [2.45, 2.75) is 76.0 Å². The van der Waals surface area contributed by atoms with Crippen LogP contribution in [-0.4, -0.2) is 47.6 Å². The summed E-state index contributed by atoms with van der Waals surface area (Å²) in [5.74, 6) is 1.19. The van der Waals surface area contributed by atoms with E-state index in [1.807, 2.05) is 0 Å². The van der Waals surface area contributed by atoms with Crippen molar-refractivity contribution in [3.63, 3.8) is 0 Å². The first-order chi connectivity index (χ1) is 12.3. The molecule has 0 amide bonds. The van der Waals surface area contributed by atoms with Gasteiger partial charge in [-0.25, -0.2) is 0 Å². The monoisotopic (exact) mass is 340 g/mol. The molecule has 4 aliphatic rings. The zero-order chi connectivity index (χ0) is 16.7. The lowest BCUT2D eigenvalue weighted by molar-refractivity contribution is -0.00750. The number of likely N-dealkylation sites (tertiary alicyclic amines) is 2. The van der Waals surface area contributed by atoms with E-state index in [1.54, 1.807) is 0 Å². The van der Waals surface area contributed by atoms with Gasteiger partial charge in [0.15, 0.2) is 0 Å². The fourth-order valence-electron chi connectivity index (χ4n) is 5.26. The molecule has 3 heteroatoms. The van der Waals surface area contributed by atoms with E-state index in [2.05, 4.69) is 28.0 Å². The van der Waals surface area contributed by atoms with Crippen LogP contribution >= 0.6 is 0 Å². The topological polar surface area (TPSA) is 15.7 Å². The highest BCUT2D eigenvalue weighted by atomic mass is 16.5. The number of piperidine rings is 2. The second-order valence-corrected chi connectivity index (χ2v) is 8.86. The third kappa shape index (κ3) is 3.21. The van der Waals surface area contributed by atoms with Crippen LogP contribution in [0.4, 0.5) is 0 Å². The van der Waals surface area contributed by atoms with Gasteiger partial charge in [-0.15, -0.1) is 0 Å². The zero-order valence-electron chi connectivity index (χ0n) is 15.5. The Morgan fingerprint density at radius 1 is 0.960 bits per heavy atom. The summed E-state index contributed by atoms with van der Waals surface area (Å²) in [7, 11) is 0. The average Bonchev–Trinajstić information content (AvgIpc) is 2.94. The van der Waals surface area contributed by atoms with Gasteiger partial charge in [0.25, 0.3) is 0 Å². The highest BCUT2D eigenvalue weighted by molar-refractivity contribution is 5.42. The molecule has 0 atom stereocenters. The van der Waals surface area contributed by atoms with E-state index < -0.39 is 0 Å². The Morgan fingerprint density at radius 2 is 1.76 bits per heavy atom. The van der Waals surface area contributed by atoms with Crippen LogP contribution in [0.3, 0.4) is 0 Å². The molecule has 0 aromatic heterocycles. The van der Waals surface area contributed by atoms with E-state index in [4.69, 9.17) is 4.74 Å². The van der Waals surface area contributed by atoms with Crippen molar-refractivity contribution in [1.82, 2.24) is 9.80 Å². The molecule has 2 saturated heterocycles. The Bertz CT molecular complexity index is 610. The normalized spacial score (nSPS) is 27.0. The van der Waals surface area contributed by atoms with Gasteiger partial charge in [0.05, 0.1) is 0 Å². The van der Waals surface area contributed by atoms with Crippen molar-refractivity contribution in [2.24, 2.45) is 0 Å². The van der Waals surface area contributed by atoms with Gasteiger partial charge in [-0.05, 0) is 56.0 Å². The average molecular weight is 341 g/mol. The number of ether oxygens (including phenoxy) is 1. The summed E-state index contributed by atoms with van der Waals surface area (Å²) in [4.78, 5) is 5.33. The van der Waals surface area contributed by atoms with Crippen LogP contribution in [0.1, 0.15) is 62.5 Å². The number of fused-ring (bicyclic) bond motifs is 1. The Morgan fingerprint density at radius 3 is 2.48 bits per heavy atom. The first-order valence-corrected chi connectivity index (χ1v) is 10.6. The first-order valence-electron chi connectivity index (χ1n) is 10.6. The van der Waals surface area contributed by atoms with Gasteiger partial charge < -0.3 is 9.64 Å². The molecule has 0 N–H and O–H groups in total. The van der Waals surface area contributed by atoms with Gasteiger partial charge in [0.1, 0.15) is 11.4 Å². The fraction of sp³-hybridized carbons (Fsp3) is 0.727. The summed E-state index contributed by atoms with van der Waals surface area (Å²) in [5, 5.41) is 0. The van der Waals surface area contributed by atoms with Crippen LogP contribution < -0.4 is 4.74 Å². The minimum absolute atomic E-state index is 0.104. The predicted molar refractivity (Wildman–Crippen MR) is 101 cm³/mol. The van der Waals surface area contributed by atoms with Crippen molar-refractivity contribution >= 4 is 0 Å². The third-order valence-electron chi connectivity index (χ3n) is 7.13. The minimum Gasteiger partial charge on any atom is -0.487 e. The number of benzene rings is 1. The maximum absolute atomic E-state index is 6.60. The summed E-state index contributed by atoms with van der Waals surface area (Å²) in [6.07, 6.45) is 12.0. The molecule has 3 nitrogen and oxygen atoms in total. The number of hydrogen-bond donors (Lipinski definition) is 0. The Balaban J connectivity index is 1.23. The fourth-order valence-corrected chi connectivity index (χ4v) is 5.26. The van der Waals surface area contributed by atoms with Crippen LogP contribution in [-0.2, 0) is 13.0 Å². The van der Waals surface area contributed by atoms with Crippen molar-refractivity contribution in [3.05, 3.63) is 29.3 Å². The van der Waals surface area contributed by atoms with E-state index in [9.17, 15) is 0 Å². The van der Waals surface area contributed by atoms with E-state index in [-0.39, 0.29) is 5.60 Å². The SMILES string of the molecule is c1cc2c(cc1CN1CCCCC1)OC1(CCN(C3CCC3)CC1)C2. The van der Waals surface area contributed by atoms with Crippen LogP contribution in [0, 0.1) is 0 Å². The molecule has 1 aromatic carbocycles. The molecule has 3 heterocycles. The van der Waals surface area contributed by atoms with Gasteiger partial charge in [-0.3, -0.25) is 4.90 Å². The van der Waals surface area contributed by atoms with E-state index in [1.165, 1.54) is 94.4 Å². The molecule has 3 aliphatic heterocycles. The van der Waals surface area contributed by atoms with Crippen molar-refractivity contribution in [3.8, 4) is 5.75 Å². The largest absolute Gasteiger partial charge is 0.487 e. The number of nitrogens with zero attached hydrogens (tertiary/aromatic N) is 2. The van der Waals surface area contributed by atoms with Gasteiger partial charge in [-0.1, -0.05) is 25.0 Å². The number of hydrogen-bond acceptors (Lipinski definition) is 3. The van der Waals surface area contributed by atoms with Crippen molar-refractivity contribution in [2.75, 3.05) is 26.2 Å². The second-order valence-electron chi connectivity index (χ2n) is 8.86. The molecule has 0 radical (unpaired) electrons. The summed E-state index contributed by atoms with van der Waals surface area (Å²) in [5.41, 5.74) is 2.98. The minimum atomic E-state index is 0.104. The lowest BCUT2D eigenvalue weighted by atomic mass is 9.84. The Hall–Kier alpha value is -1.06. The molecule has 1 aromatic rings. The summed E-state index contributed by atoms with van der Waals surface area (Å²) < 4.78 is 6.60. The summed E-state index contributed by atoms with van der Waals surface area (Å²) in [6, 6.07) is 7.93. The van der Waals surface area contributed by atoms with Crippen LogP contribution in [0.15, 0.2) is 18.2 Å². The Kier molecular flexibility index (Phi) is 4.25. The third-order valence-corrected chi connectivity index (χ3v) is 7.13. The van der Waals surface area contributed by atoms with Gasteiger partial charge in [0.2, 0.25) is 0 Å². The lowest BCUT2D eigenvalue weighted by Gasteiger charge is -2.45. The Labute approximate surface area is 152 Å². The maximum atomic E-state index is 6.60. The van der Waals surface area contributed by atoms with E-state index in [0.29, 0.717) is 0 Å². The van der Waals surface area contributed by atoms with E-state index >= 15 is 0 Å². The molecule has 1 saturated carbocycles. The highest BCUT2D eigenvalue weighted by Gasteiger charge is 2.43. The molecule has 136 valence electrons. The predicted octanol–water partition coefficient (Wildman–Crippen LogP) is 3.99. The standard InChI is InChI=1S/C22H32N2O/c1-2-11-23(12-3-1)17-18-7-8-19-16-22(25-21(19)15-18)9-13-24(14-10-22)20-5-4-6-20/h7-8,15,20H,1-6,9-14,16-17H2. The smallest absolute Gasteiger partial charge is 0.123 e. The molecule has 25 heavy (non-hydrogen) atoms. The molecule has 0 unspecified atom stereocenters. The molecular weight excluding hydrogens is 308 g/mol. The lowest BCUT2D eigenvalue weighted by Crippen LogP contribution is -2.52. The number of rotatable bonds is 3. The zero-order valence-corrected chi connectivity index (χ0v) is 15.5. The quantitative estimate of drug-likeness (QED) is 0.827. The first kappa shape index (κ1) is 16.1. The van der Waals surface area contributed by atoms with Crippen molar-refractivity contribution in [1.29, 1.82) is 0 Å². The molecule has 3 fully saturated rings. The van der Waals surface area contributed by atoms with Crippen LogP contribution in [0.25, 0.3) is 0 Å². The van der Waals surface area contributed by atoms with Gasteiger partial charge >= 0.3 is 0 Å². The van der Waals surface area contributed by atoms with Crippen LogP contribution in [0.5, 0.6) is 5.75 Å². The molecular formula is C22H32N2O. The summed E-state index contributed by atoms with van der Waals surface area (Å²) >= 11 is 0. The summed E-state index contributed by atoms with van der Waals surface area (Å²) in [6.45, 7) is 6.09. The molecule has 1 spiro atoms. The second kappa shape index (κ2) is 6.59. The van der Waals surface area contributed by atoms with Crippen molar-refractivity contribution < 1.29 is 4.74 Å². The van der Waals surface area contributed by atoms with E-state index in [0.717, 1.165) is 19.0 Å². The van der Waals surface area contributed by atoms with Gasteiger partial charge in [-0.2, -0.15) is 0 Å². The molecule has 5 rings (SSSR count). The molecule has 1 aliphatic carbocycles.